The van der Waals surface area contributed by atoms with E-state index in [1.54, 1.807) is 30.5 Å². The normalized spacial score (nSPS) is 12.3. The summed E-state index contributed by atoms with van der Waals surface area (Å²) in [5, 5.41) is 11.3. The predicted molar refractivity (Wildman–Crippen MR) is 117 cm³/mol. The van der Waals surface area contributed by atoms with E-state index in [0.29, 0.717) is 11.3 Å². The Morgan fingerprint density at radius 2 is 1.76 bits per heavy atom. The number of pyridine rings is 1. The van der Waals surface area contributed by atoms with Gasteiger partial charge in [-0.3, -0.25) is 9.55 Å². The van der Waals surface area contributed by atoms with Gasteiger partial charge in [0.2, 0.25) is 5.88 Å². The first kappa shape index (κ1) is 23.4. The van der Waals surface area contributed by atoms with Gasteiger partial charge in [0.15, 0.2) is 0 Å². The van der Waals surface area contributed by atoms with Crippen LogP contribution in [0.3, 0.4) is 0 Å². The first-order valence-electron chi connectivity index (χ1n) is 9.80. The molecular formula is C22H18F3N3O5S. The second-order valence-electron chi connectivity index (χ2n) is 7.41. The lowest BCUT2D eigenvalue weighted by Gasteiger charge is -2.09. The number of imidazole rings is 1. The zero-order chi connectivity index (χ0) is 24.8. The molecule has 0 bridgehead atoms. The Bertz CT molecular complexity index is 1560. The molecule has 8 nitrogen and oxygen atoms in total. The minimum atomic E-state index is -5.54. The van der Waals surface area contributed by atoms with Gasteiger partial charge in [-0.25, -0.2) is 17.8 Å². The van der Waals surface area contributed by atoms with Crippen molar-refractivity contribution < 1.29 is 31.4 Å². The van der Waals surface area contributed by atoms with Crippen molar-refractivity contribution in [2.24, 2.45) is 0 Å². The number of nitrogens with zero attached hydrogens (tertiary/aromatic N) is 3. The molecule has 4 aromatic rings. The Labute approximate surface area is 191 Å². The first-order chi connectivity index (χ1) is 16.0. The van der Waals surface area contributed by atoms with Crippen LogP contribution < -0.4 is 10.4 Å². The molecule has 0 saturated heterocycles. The number of fused-ring (bicyclic) bond motifs is 1. The van der Waals surface area contributed by atoms with Crippen molar-refractivity contribution in [2.75, 3.05) is 7.11 Å². The fraction of sp³-hybridized carbons (Fsp3) is 0.182. The van der Waals surface area contributed by atoms with E-state index in [1.165, 1.54) is 18.6 Å². The zero-order valence-corrected chi connectivity index (χ0v) is 18.7. The molecule has 0 aliphatic rings. The summed E-state index contributed by atoms with van der Waals surface area (Å²) in [4.78, 5) is 16.5. The van der Waals surface area contributed by atoms with Gasteiger partial charge in [0.25, 0.3) is 9.84 Å². The second-order valence-corrected chi connectivity index (χ2v) is 9.35. The van der Waals surface area contributed by atoms with Gasteiger partial charge in [-0.2, -0.15) is 13.2 Å². The van der Waals surface area contributed by atoms with E-state index in [9.17, 15) is 31.5 Å². The number of halogens is 3. The molecule has 0 radical (unpaired) electrons. The number of aromatic hydroxyl groups is 1. The molecule has 2 aromatic carbocycles. The quantitative estimate of drug-likeness (QED) is 0.456. The highest BCUT2D eigenvalue weighted by atomic mass is 32.2. The number of hydrogen-bond donors (Lipinski definition) is 1. The van der Waals surface area contributed by atoms with E-state index < -0.39 is 31.8 Å². The van der Waals surface area contributed by atoms with Crippen LogP contribution in [0.25, 0.3) is 16.6 Å². The van der Waals surface area contributed by atoms with Gasteiger partial charge in [0.1, 0.15) is 5.75 Å². The van der Waals surface area contributed by atoms with Crippen molar-refractivity contribution in [1.82, 2.24) is 14.1 Å². The lowest BCUT2D eigenvalue weighted by atomic mass is 10.1. The van der Waals surface area contributed by atoms with E-state index in [1.807, 2.05) is 0 Å². The molecule has 178 valence electrons. The SMILES string of the molecule is COc1ccc2nccc(Cn3c(C)c(O)n(-c4ccc(S(=O)(=O)C(F)(F)F)cc4)c3=O)c2c1. The molecule has 0 aliphatic carbocycles. The van der Waals surface area contributed by atoms with Crippen molar-refractivity contribution >= 4 is 20.7 Å². The molecule has 2 aromatic heterocycles. The van der Waals surface area contributed by atoms with Gasteiger partial charge in [-0.1, -0.05) is 0 Å². The molecular weight excluding hydrogens is 475 g/mol. The summed E-state index contributed by atoms with van der Waals surface area (Å²) >= 11 is 0. The van der Waals surface area contributed by atoms with Crippen LogP contribution in [-0.4, -0.2) is 40.3 Å². The second kappa shape index (κ2) is 8.20. The van der Waals surface area contributed by atoms with Gasteiger partial charge in [-0.05, 0) is 61.0 Å². The molecule has 4 rings (SSSR count). The maximum absolute atomic E-state index is 13.1. The average Bonchev–Trinajstić information content (AvgIpc) is 3.01. The van der Waals surface area contributed by atoms with E-state index in [4.69, 9.17) is 4.74 Å². The molecule has 0 saturated carbocycles. The minimum Gasteiger partial charge on any atom is -0.497 e. The highest BCUT2D eigenvalue weighted by Gasteiger charge is 2.46. The number of sulfone groups is 1. The van der Waals surface area contributed by atoms with Crippen LogP contribution in [-0.2, 0) is 16.4 Å². The van der Waals surface area contributed by atoms with Crippen molar-refractivity contribution in [2.45, 2.75) is 23.9 Å². The summed E-state index contributed by atoms with van der Waals surface area (Å²) in [6.07, 6.45) is 1.58. The smallest absolute Gasteiger partial charge is 0.497 e. The molecule has 0 atom stereocenters. The van der Waals surface area contributed by atoms with Crippen LogP contribution in [0.1, 0.15) is 11.3 Å². The number of methoxy groups -OCH3 is 1. The number of aromatic nitrogens is 3. The van der Waals surface area contributed by atoms with E-state index in [-0.39, 0.29) is 17.9 Å². The van der Waals surface area contributed by atoms with Crippen molar-refractivity contribution in [3.05, 3.63) is 76.5 Å². The van der Waals surface area contributed by atoms with Gasteiger partial charge >= 0.3 is 11.2 Å². The van der Waals surface area contributed by atoms with Crippen LogP contribution in [0.2, 0.25) is 0 Å². The van der Waals surface area contributed by atoms with Crippen LogP contribution in [0.5, 0.6) is 11.6 Å². The lowest BCUT2D eigenvalue weighted by Crippen LogP contribution is -2.25. The maximum Gasteiger partial charge on any atom is 0.501 e. The van der Waals surface area contributed by atoms with Gasteiger partial charge in [-0.15, -0.1) is 0 Å². The van der Waals surface area contributed by atoms with Crippen molar-refractivity contribution in [3.8, 4) is 17.3 Å². The molecule has 12 heteroatoms. The molecule has 0 fully saturated rings. The number of alkyl halides is 3. The van der Waals surface area contributed by atoms with Gasteiger partial charge in [0, 0.05) is 11.6 Å². The Kier molecular flexibility index (Phi) is 5.64. The number of ether oxygens (including phenoxy) is 1. The monoisotopic (exact) mass is 493 g/mol. The summed E-state index contributed by atoms with van der Waals surface area (Å²) in [6.45, 7) is 1.58. The van der Waals surface area contributed by atoms with Crippen LogP contribution in [0.15, 0.2) is 64.4 Å². The van der Waals surface area contributed by atoms with E-state index in [0.717, 1.165) is 39.8 Å². The minimum absolute atomic E-state index is 0.00623. The third-order valence-corrected chi connectivity index (χ3v) is 6.94. The van der Waals surface area contributed by atoms with Gasteiger partial charge in [0.05, 0.1) is 35.4 Å². The molecule has 2 heterocycles. The highest BCUT2D eigenvalue weighted by Crippen LogP contribution is 2.31. The molecule has 0 aliphatic heterocycles. The highest BCUT2D eigenvalue weighted by molar-refractivity contribution is 7.92. The zero-order valence-electron chi connectivity index (χ0n) is 17.9. The molecule has 1 N–H and O–H groups in total. The summed E-state index contributed by atoms with van der Waals surface area (Å²) < 4.78 is 69.0. The fourth-order valence-electron chi connectivity index (χ4n) is 3.58. The van der Waals surface area contributed by atoms with E-state index >= 15 is 0 Å². The summed E-state index contributed by atoms with van der Waals surface area (Å²) in [6, 6.07) is 10.5. The van der Waals surface area contributed by atoms with Crippen LogP contribution >= 0.6 is 0 Å². The number of benzene rings is 2. The maximum atomic E-state index is 13.1. The topological polar surface area (TPSA) is 103 Å². The molecule has 0 spiro atoms. The Morgan fingerprint density at radius 1 is 1.09 bits per heavy atom. The Morgan fingerprint density at radius 3 is 2.38 bits per heavy atom. The number of rotatable bonds is 5. The van der Waals surface area contributed by atoms with Crippen LogP contribution in [0.4, 0.5) is 13.2 Å². The summed E-state index contributed by atoms with van der Waals surface area (Å²) in [7, 11) is -4.01. The van der Waals surface area contributed by atoms with Crippen LogP contribution in [0, 0.1) is 6.92 Å². The number of hydrogen-bond acceptors (Lipinski definition) is 6. The van der Waals surface area contributed by atoms with Crippen molar-refractivity contribution in [1.29, 1.82) is 0 Å². The van der Waals surface area contributed by atoms with Crippen molar-refractivity contribution in [3.63, 3.8) is 0 Å². The first-order valence-corrected chi connectivity index (χ1v) is 11.3. The molecule has 0 amide bonds. The molecule has 34 heavy (non-hydrogen) atoms. The Balaban J connectivity index is 1.77. The average molecular weight is 493 g/mol. The Hall–Kier alpha value is -3.80. The lowest BCUT2D eigenvalue weighted by molar-refractivity contribution is -0.0436. The summed E-state index contributed by atoms with van der Waals surface area (Å²) in [5.74, 6) is 0.174. The summed E-state index contributed by atoms with van der Waals surface area (Å²) in [5.41, 5.74) is -4.50. The third kappa shape index (κ3) is 3.79. The van der Waals surface area contributed by atoms with E-state index in [2.05, 4.69) is 4.98 Å². The third-order valence-electron chi connectivity index (χ3n) is 5.44. The standard InChI is InChI=1S/C22H18F3N3O5S/c1-13-20(29)28(15-3-6-17(7-4-15)34(31,32)22(23,24)25)21(30)27(13)12-14-9-10-26-19-8-5-16(33-2)11-18(14)19/h3-11,29H,12H2,1-2H3. The molecule has 0 unspecified atom stereocenters. The largest absolute Gasteiger partial charge is 0.501 e. The predicted octanol–water partition coefficient (Wildman–Crippen LogP) is 3.55. The van der Waals surface area contributed by atoms with Gasteiger partial charge < -0.3 is 9.84 Å². The fourth-order valence-corrected chi connectivity index (χ4v) is 4.34.